The highest BCUT2D eigenvalue weighted by molar-refractivity contribution is 6.31. The minimum Gasteiger partial charge on any atom is -0.489 e. The molecule has 4 aromatic rings. The van der Waals surface area contributed by atoms with E-state index in [1.54, 1.807) is 0 Å². The summed E-state index contributed by atoms with van der Waals surface area (Å²) in [6, 6.07) is 26.1. The average Bonchev–Trinajstić information content (AvgIpc) is 3.41. The van der Waals surface area contributed by atoms with E-state index in [2.05, 4.69) is 59.4 Å². The van der Waals surface area contributed by atoms with Crippen LogP contribution < -0.4 is 10.1 Å². The van der Waals surface area contributed by atoms with E-state index in [9.17, 15) is 5.26 Å². The number of hydrogen-bond donors (Lipinski definition) is 1. The molecule has 3 aromatic carbocycles. The number of aromatic nitrogens is 1. The summed E-state index contributed by atoms with van der Waals surface area (Å²) < 4.78 is 17.5. The molecule has 0 aliphatic carbocycles. The summed E-state index contributed by atoms with van der Waals surface area (Å²) in [6.07, 6.45) is 0. The van der Waals surface area contributed by atoms with Crippen molar-refractivity contribution in [3.8, 4) is 23.3 Å². The number of anilines is 1. The van der Waals surface area contributed by atoms with Crippen LogP contribution in [0.4, 0.5) is 5.88 Å². The van der Waals surface area contributed by atoms with Gasteiger partial charge in [0.25, 0.3) is 0 Å². The maximum Gasteiger partial charge on any atom is 0.232 e. The molecule has 206 valence electrons. The number of hydrogen-bond acceptors (Lipinski definition) is 7. The molecule has 0 bridgehead atoms. The zero-order chi connectivity index (χ0) is 27.9. The van der Waals surface area contributed by atoms with E-state index in [-0.39, 0.29) is 11.7 Å². The van der Waals surface area contributed by atoms with Crippen molar-refractivity contribution in [2.75, 3.05) is 38.2 Å². The molecule has 1 fully saturated rings. The first-order chi connectivity index (χ1) is 19.5. The molecule has 5 rings (SSSR count). The van der Waals surface area contributed by atoms with Crippen LogP contribution in [0.2, 0.25) is 5.02 Å². The van der Waals surface area contributed by atoms with Crippen molar-refractivity contribution in [3.63, 3.8) is 0 Å². The van der Waals surface area contributed by atoms with Crippen LogP contribution in [0, 0.1) is 11.3 Å². The van der Waals surface area contributed by atoms with E-state index in [0.717, 1.165) is 24.2 Å². The number of oxazole rings is 1. The van der Waals surface area contributed by atoms with Crippen LogP contribution in [0.25, 0.3) is 11.5 Å². The van der Waals surface area contributed by atoms with E-state index in [4.69, 9.17) is 25.5 Å². The third-order valence-corrected chi connectivity index (χ3v) is 7.49. The molecule has 8 heteroatoms. The van der Waals surface area contributed by atoms with E-state index in [1.165, 1.54) is 11.1 Å². The number of ether oxygens (including phenoxy) is 2. The molecular weight excluding hydrogens is 524 g/mol. The average molecular weight is 557 g/mol. The fourth-order valence-corrected chi connectivity index (χ4v) is 4.94. The van der Waals surface area contributed by atoms with Gasteiger partial charge in [-0.05, 0) is 47.4 Å². The second kappa shape index (κ2) is 13.0. The first kappa shape index (κ1) is 27.7. The van der Waals surface area contributed by atoms with Gasteiger partial charge in [0.05, 0.1) is 19.3 Å². The van der Waals surface area contributed by atoms with Crippen LogP contribution in [0.1, 0.15) is 48.2 Å². The molecule has 0 radical (unpaired) electrons. The second-order valence-corrected chi connectivity index (χ2v) is 10.5. The lowest BCUT2D eigenvalue weighted by Crippen LogP contribution is -2.41. The predicted octanol–water partition coefficient (Wildman–Crippen LogP) is 7.05. The lowest BCUT2D eigenvalue weighted by molar-refractivity contribution is 0.0186. The minimum absolute atomic E-state index is 0.0970. The standard InChI is InChI=1S/C32H33ClN4O3/c1-22(2)23-7-9-24(10-8-23)30(37-15-17-38-18-16-37)20-35-32-29(19-34)36-31(40-32)25-11-13-27(14-12-25)39-21-26-5-3-4-6-28(26)33/h3-14,22,30,35H,15-18,20-21H2,1-2H3/t30-/m0/s1. The van der Waals surface area contributed by atoms with Gasteiger partial charge in [-0.1, -0.05) is 67.9 Å². The maximum atomic E-state index is 9.77. The van der Waals surface area contributed by atoms with E-state index < -0.39 is 0 Å². The van der Waals surface area contributed by atoms with Crippen molar-refractivity contribution in [2.45, 2.75) is 32.4 Å². The quantitative estimate of drug-likeness (QED) is 0.224. The zero-order valence-electron chi connectivity index (χ0n) is 22.8. The van der Waals surface area contributed by atoms with Crippen molar-refractivity contribution in [2.24, 2.45) is 0 Å². The lowest BCUT2D eigenvalue weighted by Gasteiger charge is -2.35. The van der Waals surface area contributed by atoms with E-state index in [0.29, 0.717) is 54.8 Å². The number of benzene rings is 3. The predicted molar refractivity (Wildman–Crippen MR) is 157 cm³/mol. The Morgan fingerprint density at radius 3 is 2.38 bits per heavy atom. The Morgan fingerprint density at radius 1 is 1.00 bits per heavy atom. The van der Waals surface area contributed by atoms with Gasteiger partial charge in [-0.3, -0.25) is 4.90 Å². The summed E-state index contributed by atoms with van der Waals surface area (Å²) in [6.45, 7) is 8.42. The van der Waals surface area contributed by atoms with Crippen molar-refractivity contribution in [3.05, 3.63) is 100 Å². The van der Waals surface area contributed by atoms with Gasteiger partial charge >= 0.3 is 0 Å². The van der Waals surface area contributed by atoms with Gasteiger partial charge in [-0.25, -0.2) is 0 Å². The Morgan fingerprint density at radius 2 is 1.70 bits per heavy atom. The summed E-state index contributed by atoms with van der Waals surface area (Å²) >= 11 is 6.23. The SMILES string of the molecule is CC(C)c1ccc([C@H](CNc2oc(-c3ccc(OCc4ccccc4Cl)cc3)nc2C#N)N2CCOCC2)cc1. The van der Waals surface area contributed by atoms with E-state index >= 15 is 0 Å². The number of morpholine rings is 1. The first-order valence-corrected chi connectivity index (χ1v) is 13.9. The van der Waals surface area contributed by atoms with Crippen LogP contribution in [0.3, 0.4) is 0 Å². The molecule has 1 aliphatic heterocycles. The Balaban J connectivity index is 1.29. The molecule has 40 heavy (non-hydrogen) atoms. The van der Waals surface area contributed by atoms with Crippen LogP contribution >= 0.6 is 11.6 Å². The van der Waals surface area contributed by atoms with Gasteiger partial charge in [0.1, 0.15) is 18.4 Å². The zero-order valence-corrected chi connectivity index (χ0v) is 23.5. The van der Waals surface area contributed by atoms with Crippen LogP contribution in [-0.4, -0.2) is 42.7 Å². The third kappa shape index (κ3) is 6.65. The van der Waals surface area contributed by atoms with Gasteiger partial charge < -0.3 is 19.2 Å². The topological polar surface area (TPSA) is 83.6 Å². The normalized spacial score (nSPS) is 14.6. The van der Waals surface area contributed by atoms with Crippen molar-refractivity contribution >= 4 is 17.5 Å². The summed E-state index contributed by atoms with van der Waals surface area (Å²) in [5.74, 6) is 1.92. The Kier molecular flexibility index (Phi) is 9.02. The Hall–Kier alpha value is -3.83. The van der Waals surface area contributed by atoms with Gasteiger partial charge in [0, 0.05) is 35.8 Å². The lowest BCUT2D eigenvalue weighted by atomic mass is 9.98. The second-order valence-electron chi connectivity index (χ2n) is 10.1. The summed E-state index contributed by atoms with van der Waals surface area (Å²) in [4.78, 5) is 6.85. The molecular formula is C32H33ClN4O3. The van der Waals surface area contributed by atoms with Gasteiger partial charge in [0.15, 0.2) is 0 Å². The van der Waals surface area contributed by atoms with Gasteiger partial charge in [-0.2, -0.15) is 10.2 Å². The van der Waals surface area contributed by atoms with Gasteiger partial charge in [0.2, 0.25) is 17.5 Å². The molecule has 0 saturated carbocycles. The largest absolute Gasteiger partial charge is 0.489 e. The summed E-state index contributed by atoms with van der Waals surface area (Å²) in [5, 5.41) is 13.8. The van der Waals surface area contributed by atoms with E-state index in [1.807, 2.05) is 48.5 Å². The fourth-order valence-electron chi connectivity index (χ4n) is 4.75. The number of rotatable bonds is 10. The molecule has 0 amide bonds. The monoisotopic (exact) mass is 556 g/mol. The smallest absolute Gasteiger partial charge is 0.232 e. The highest BCUT2D eigenvalue weighted by Crippen LogP contribution is 2.30. The molecule has 7 nitrogen and oxygen atoms in total. The molecule has 2 heterocycles. The number of halogens is 1. The van der Waals surface area contributed by atoms with Crippen molar-refractivity contribution in [1.29, 1.82) is 5.26 Å². The van der Waals surface area contributed by atoms with Crippen LogP contribution in [0.15, 0.2) is 77.2 Å². The maximum absolute atomic E-state index is 9.77. The van der Waals surface area contributed by atoms with Crippen molar-refractivity contribution < 1.29 is 13.9 Å². The van der Waals surface area contributed by atoms with Crippen molar-refractivity contribution in [1.82, 2.24) is 9.88 Å². The summed E-state index contributed by atoms with van der Waals surface area (Å²) in [7, 11) is 0. The third-order valence-electron chi connectivity index (χ3n) is 7.12. The number of nitrogens with one attached hydrogen (secondary N) is 1. The highest BCUT2D eigenvalue weighted by Gasteiger charge is 2.24. The molecule has 1 atom stereocenters. The molecule has 1 N–H and O–H groups in total. The molecule has 1 saturated heterocycles. The molecule has 1 aromatic heterocycles. The number of nitrogens with zero attached hydrogens (tertiary/aromatic N) is 3. The Bertz CT molecular complexity index is 1440. The minimum atomic E-state index is 0.0970. The Labute approximate surface area is 240 Å². The summed E-state index contributed by atoms with van der Waals surface area (Å²) in [5.41, 5.74) is 4.42. The van der Waals surface area contributed by atoms with Crippen LogP contribution in [-0.2, 0) is 11.3 Å². The molecule has 1 aliphatic rings. The fraction of sp³-hybridized carbons (Fsp3) is 0.312. The number of nitriles is 1. The van der Waals surface area contributed by atoms with Gasteiger partial charge in [-0.15, -0.1) is 0 Å². The highest BCUT2D eigenvalue weighted by atomic mass is 35.5. The molecule has 0 unspecified atom stereocenters. The van der Waals surface area contributed by atoms with Crippen LogP contribution in [0.5, 0.6) is 5.75 Å². The first-order valence-electron chi connectivity index (χ1n) is 13.5. The molecule has 0 spiro atoms.